The number of alkyl halides is 3. The number of aromatic nitrogens is 5. The molecule has 1 fully saturated rings. The summed E-state index contributed by atoms with van der Waals surface area (Å²) in [4.78, 5) is 17.4. The van der Waals surface area contributed by atoms with Crippen LogP contribution in [-0.2, 0) is 6.18 Å². The second kappa shape index (κ2) is 6.59. The summed E-state index contributed by atoms with van der Waals surface area (Å²) in [6.45, 7) is 1.05. The van der Waals surface area contributed by atoms with Crippen molar-refractivity contribution < 1.29 is 17.6 Å². The lowest BCUT2D eigenvalue weighted by molar-refractivity contribution is -0.138. The van der Waals surface area contributed by atoms with Crippen LogP contribution in [0.4, 0.5) is 23.5 Å². The molecule has 0 N–H and O–H groups in total. The second-order valence-electron chi connectivity index (χ2n) is 6.24. The van der Waals surface area contributed by atoms with Gasteiger partial charge < -0.3 is 9.47 Å². The van der Waals surface area contributed by atoms with Crippen molar-refractivity contribution in [2.75, 3.05) is 18.0 Å². The van der Waals surface area contributed by atoms with Crippen LogP contribution < -0.4 is 4.90 Å². The lowest BCUT2D eigenvalue weighted by Crippen LogP contribution is -2.35. The summed E-state index contributed by atoms with van der Waals surface area (Å²) >= 11 is 5.95. The summed E-state index contributed by atoms with van der Waals surface area (Å²) in [6, 6.07) is -0.0198. The molecular formula is C16H13ClF4N6. The van der Waals surface area contributed by atoms with Gasteiger partial charge in [0.1, 0.15) is 17.1 Å². The van der Waals surface area contributed by atoms with Crippen LogP contribution in [0.15, 0.2) is 24.9 Å². The third-order valence-corrected chi connectivity index (χ3v) is 4.91. The lowest BCUT2D eigenvalue weighted by Gasteiger charge is -2.32. The lowest BCUT2D eigenvalue weighted by atomic mass is 10.1. The molecule has 1 aliphatic heterocycles. The highest BCUT2D eigenvalue weighted by molar-refractivity contribution is 6.34. The maximum Gasteiger partial charge on any atom is 0.419 e. The number of fused-ring (bicyclic) bond motifs is 1. The third kappa shape index (κ3) is 3.29. The van der Waals surface area contributed by atoms with Crippen molar-refractivity contribution >= 4 is 28.6 Å². The molecule has 4 heterocycles. The Labute approximate surface area is 155 Å². The summed E-state index contributed by atoms with van der Waals surface area (Å²) in [5, 5.41) is 0.250. The Hall–Kier alpha value is -2.49. The van der Waals surface area contributed by atoms with E-state index in [0.717, 1.165) is 12.4 Å². The van der Waals surface area contributed by atoms with E-state index in [2.05, 4.69) is 19.9 Å². The molecule has 0 spiro atoms. The molecular weight excluding hydrogens is 388 g/mol. The normalized spacial score (nSPS) is 16.3. The van der Waals surface area contributed by atoms with Gasteiger partial charge in [-0.1, -0.05) is 11.6 Å². The average molecular weight is 401 g/mol. The number of hydrogen-bond donors (Lipinski definition) is 0. The third-order valence-electron chi connectivity index (χ3n) is 4.62. The summed E-state index contributed by atoms with van der Waals surface area (Å²) in [5.41, 5.74) is -0.455. The summed E-state index contributed by atoms with van der Waals surface area (Å²) < 4.78 is 53.8. The van der Waals surface area contributed by atoms with Gasteiger partial charge in [-0.2, -0.15) is 13.2 Å². The molecule has 0 unspecified atom stereocenters. The molecule has 142 valence electrons. The number of anilines is 1. The Balaban J connectivity index is 1.51. The van der Waals surface area contributed by atoms with Gasteiger partial charge >= 0.3 is 6.18 Å². The Morgan fingerprint density at radius 3 is 2.33 bits per heavy atom. The molecule has 0 amide bonds. The number of rotatable bonds is 2. The first-order valence-corrected chi connectivity index (χ1v) is 8.53. The predicted octanol–water partition coefficient (Wildman–Crippen LogP) is 3.87. The Morgan fingerprint density at radius 2 is 1.70 bits per heavy atom. The molecule has 0 bridgehead atoms. The standard InChI is InChI=1S/C16H13ClF4N6/c17-13-12-11(18)7-27(14(12)25-8-24-13)10-1-3-26(4-2-10)15-22-5-9(6-23-15)16(19,20)21/h5-8,10H,1-4H2. The number of piperidine rings is 1. The van der Waals surface area contributed by atoms with Gasteiger partial charge in [-0.15, -0.1) is 0 Å². The van der Waals surface area contributed by atoms with Gasteiger partial charge in [0.2, 0.25) is 5.95 Å². The minimum Gasteiger partial charge on any atom is -0.341 e. The van der Waals surface area contributed by atoms with Crippen molar-refractivity contribution in [1.29, 1.82) is 0 Å². The van der Waals surface area contributed by atoms with E-state index < -0.39 is 17.6 Å². The topological polar surface area (TPSA) is 59.7 Å². The minimum atomic E-state index is -4.46. The van der Waals surface area contributed by atoms with Gasteiger partial charge in [-0.25, -0.2) is 24.3 Å². The SMILES string of the molecule is Fc1cn(C2CCN(c3ncc(C(F)(F)F)cn3)CC2)c2ncnc(Cl)c12. The van der Waals surface area contributed by atoms with Gasteiger partial charge in [0.25, 0.3) is 0 Å². The van der Waals surface area contributed by atoms with Gasteiger partial charge in [0.05, 0.1) is 10.9 Å². The molecule has 0 saturated carbocycles. The van der Waals surface area contributed by atoms with Gasteiger partial charge in [-0.3, -0.25) is 0 Å². The van der Waals surface area contributed by atoms with Crippen molar-refractivity contribution in [1.82, 2.24) is 24.5 Å². The van der Waals surface area contributed by atoms with E-state index in [-0.39, 0.29) is 22.5 Å². The molecule has 1 aliphatic rings. The minimum absolute atomic E-state index is 0.0198. The van der Waals surface area contributed by atoms with Crippen LogP contribution in [0.3, 0.4) is 0 Å². The highest BCUT2D eigenvalue weighted by atomic mass is 35.5. The van der Waals surface area contributed by atoms with E-state index >= 15 is 0 Å². The van der Waals surface area contributed by atoms with Crippen LogP contribution >= 0.6 is 11.6 Å². The summed E-state index contributed by atoms with van der Waals surface area (Å²) in [6.07, 6.45) is 1.01. The smallest absolute Gasteiger partial charge is 0.341 e. The molecule has 11 heteroatoms. The van der Waals surface area contributed by atoms with E-state index in [0.29, 0.717) is 31.6 Å². The van der Waals surface area contributed by atoms with Crippen LogP contribution in [-0.4, -0.2) is 37.6 Å². The highest BCUT2D eigenvalue weighted by Gasteiger charge is 2.32. The number of hydrogen-bond acceptors (Lipinski definition) is 5. The summed E-state index contributed by atoms with van der Waals surface area (Å²) in [7, 11) is 0. The second-order valence-corrected chi connectivity index (χ2v) is 6.59. The molecule has 1 saturated heterocycles. The first-order chi connectivity index (χ1) is 12.8. The van der Waals surface area contributed by atoms with E-state index in [4.69, 9.17) is 11.6 Å². The van der Waals surface area contributed by atoms with Crippen LogP contribution in [0.5, 0.6) is 0 Å². The Kier molecular flexibility index (Phi) is 4.37. The summed E-state index contributed by atoms with van der Waals surface area (Å²) in [5.74, 6) is -0.237. The van der Waals surface area contributed by atoms with Crippen molar-refractivity contribution in [2.45, 2.75) is 25.1 Å². The molecule has 0 aromatic carbocycles. The molecule has 0 radical (unpaired) electrons. The molecule has 0 aliphatic carbocycles. The fourth-order valence-electron chi connectivity index (χ4n) is 3.26. The molecule has 4 rings (SSSR count). The van der Waals surface area contributed by atoms with E-state index in [9.17, 15) is 17.6 Å². The van der Waals surface area contributed by atoms with Crippen LogP contribution in [0.2, 0.25) is 5.15 Å². The molecule has 3 aromatic rings. The van der Waals surface area contributed by atoms with Crippen LogP contribution in [0.1, 0.15) is 24.4 Å². The number of halogens is 5. The number of nitrogens with zero attached hydrogens (tertiary/aromatic N) is 6. The molecule has 3 aromatic heterocycles. The zero-order chi connectivity index (χ0) is 19.2. The van der Waals surface area contributed by atoms with Crippen molar-refractivity contribution in [3.8, 4) is 0 Å². The Bertz CT molecular complexity index is 963. The fraction of sp³-hybridized carbons (Fsp3) is 0.375. The van der Waals surface area contributed by atoms with Gasteiger partial charge in [0, 0.05) is 37.7 Å². The quantitative estimate of drug-likeness (QED) is 0.482. The van der Waals surface area contributed by atoms with Gasteiger partial charge in [0.15, 0.2) is 5.82 Å². The molecule has 0 atom stereocenters. The maximum absolute atomic E-state index is 14.2. The molecule has 27 heavy (non-hydrogen) atoms. The largest absolute Gasteiger partial charge is 0.419 e. The maximum atomic E-state index is 14.2. The first kappa shape index (κ1) is 17.9. The Morgan fingerprint density at radius 1 is 1.04 bits per heavy atom. The monoisotopic (exact) mass is 400 g/mol. The van der Waals surface area contributed by atoms with E-state index in [1.807, 2.05) is 0 Å². The molecule has 6 nitrogen and oxygen atoms in total. The van der Waals surface area contributed by atoms with E-state index in [1.165, 1.54) is 12.5 Å². The van der Waals surface area contributed by atoms with Crippen LogP contribution in [0.25, 0.3) is 11.0 Å². The predicted molar refractivity (Wildman–Crippen MR) is 90.0 cm³/mol. The first-order valence-electron chi connectivity index (χ1n) is 8.15. The zero-order valence-electron chi connectivity index (χ0n) is 13.8. The highest BCUT2D eigenvalue weighted by Crippen LogP contribution is 2.32. The van der Waals surface area contributed by atoms with Crippen molar-refractivity contribution in [3.63, 3.8) is 0 Å². The van der Waals surface area contributed by atoms with Gasteiger partial charge in [-0.05, 0) is 12.8 Å². The van der Waals surface area contributed by atoms with E-state index in [1.54, 1.807) is 9.47 Å². The fourth-order valence-corrected chi connectivity index (χ4v) is 3.48. The van der Waals surface area contributed by atoms with Crippen molar-refractivity contribution in [3.05, 3.63) is 41.5 Å². The van der Waals surface area contributed by atoms with Crippen molar-refractivity contribution in [2.24, 2.45) is 0 Å². The zero-order valence-corrected chi connectivity index (χ0v) is 14.5. The van der Waals surface area contributed by atoms with Crippen LogP contribution in [0, 0.1) is 5.82 Å². The average Bonchev–Trinajstić information content (AvgIpc) is 2.99.